The topological polar surface area (TPSA) is 160 Å². The predicted octanol–water partition coefficient (Wildman–Crippen LogP) is 9.32. The highest BCUT2D eigenvalue weighted by atomic mass is 35.5. The van der Waals surface area contributed by atoms with Crippen molar-refractivity contribution in [2.24, 2.45) is 11.3 Å². The predicted molar refractivity (Wildman–Crippen MR) is 239 cm³/mol. The first-order valence-electron chi connectivity index (χ1n) is 21.6. The Morgan fingerprint density at radius 2 is 1.79 bits per heavy atom. The van der Waals surface area contributed by atoms with Crippen molar-refractivity contribution in [2.45, 2.75) is 69.1 Å². The van der Waals surface area contributed by atoms with E-state index in [0.29, 0.717) is 47.9 Å². The van der Waals surface area contributed by atoms with Crippen LogP contribution < -0.4 is 14.4 Å². The first-order chi connectivity index (χ1) is 30.0. The van der Waals surface area contributed by atoms with Gasteiger partial charge in [0, 0.05) is 85.9 Å². The van der Waals surface area contributed by atoms with E-state index in [2.05, 4.69) is 36.6 Å². The number of carbonyl (C=O) groups is 1. The van der Waals surface area contributed by atoms with Crippen molar-refractivity contribution in [1.29, 1.82) is 0 Å². The fourth-order valence-electron chi connectivity index (χ4n) is 9.63. The number of benzene rings is 3. The summed E-state index contributed by atoms with van der Waals surface area (Å²) in [4.78, 5) is 37.4. The SMILES string of the molecule is O=C(NS(=O)(=O)c1ccc(CCC2CCOCC2)c([N+](=O)[O-])c1)c1ccc(N2CCN(CC3=C(c4ccc(Cl)cc4)CC4(CCC4)CC3)CC2)cc1Oc1cnc2[nH]ccc2c1. The highest BCUT2D eigenvalue weighted by Crippen LogP contribution is 2.55. The molecule has 324 valence electrons. The largest absolute Gasteiger partial charge is 0.455 e. The van der Waals surface area contributed by atoms with Crippen LogP contribution >= 0.6 is 11.6 Å². The quantitative estimate of drug-likeness (QED) is 0.0862. The van der Waals surface area contributed by atoms with Gasteiger partial charge in [0.2, 0.25) is 0 Å². The molecule has 1 spiro atoms. The maximum atomic E-state index is 13.9. The van der Waals surface area contributed by atoms with Crippen molar-refractivity contribution >= 4 is 55.5 Å². The summed E-state index contributed by atoms with van der Waals surface area (Å²) in [6, 6.07) is 20.9. The van der Waals surface area contributed by atoms with Gasteiger partial charge in [-0.15, -0.1) is 0 Å². The van der Waals surface area contributed by atoms with Gasteiger partial charge in [-0.3, -0.25) is 19.8 Å². The number of piperazine rings is 1. The Morgan fingerprint density at radius 1 is 1.00 bits per heavy atom. The number of fused-ring (bicyclic) bond motifs is 1. The number of nitrogens with one attached hydrogen (secondary N) is 2. The molecular weight excluding hydrogens is 828 g/mol. The Balaban J connectivity index is 0.926. The van der Waals surface area contributed by atoms with Crippen LogP contribution in [-0.2, 0) is 21.2 Å². The molecule has 2 saturated heterocycles. The molecule has 2 aliphatic heterocycles. The lowest BCUT2D eigenvalue weighted by Gasteiger charge is -2.47. The van der Waals surface area contributed by atoms with Gasteiger partial charge in [-0.25, -0.2) is 18.1 Å². The third-order valence-corrected chi connectivity index (χ3v) is 15.0. The van der Waals surface area contributed by atoms with Gasteiger partial charge in [0.15, 0.2) is 0 Å². The average molecular weight is 879 g/mol. The first kappa shape index (κ1) is 42.0. The second-order valence-corrected chi connectivity index (χ2v) is 19.4. The molecule has 3 aromatic carbocycles. The molecule has 2 aromatic heterocycles. The van der Waals surface area contributed by atoms with E-state index in [1.165, 1.54) is 60.7 Å². The molecule has 9 rings (SSSR count). The zero-order valence-corrected chi connectivity index (χ0v) is 36.2. The minimum absolute atomic E-state index is 0.0177. The first-order valence-corrected chi connectivity index (χ1v) is 23.5. The van der Waals surface area contributed by atoms with Crippen LogP contribution in [0.15, 0.2) is 95.7 Å². The molecule has 0 atom stereocenters. The number of aromatic nitrogens is 2. The van der Waals surface area contributed by atoms with Gasteiger partial charge in [-0.2, -0.15) is 0 Å². The summed E-state index contributed by atoms with van der Waals surface area (Å²) in [7, 11) is -4.52. The van der Waals surface area contributed by atoms with E-state index in [1.807, 2.05) is 18.2 Å². The Hall–Kier alpha value is -5.28. The van der Waals surface area contributed by atoms with Crippen LogP contribution in [0.4, 0.5) is 11.4 Å². The molecular formula is C47H51ClN6O7S. The molecule has 5 aromatic rings. The summed E-state index contributed by atoms with van der Waals surface area (Å²) in [5.41, 5.74) is 6.35. The van der Waals surface area contributed by atoms with E-state index in [1.54, 1.807) is 30.5 Å². The number of aryl methyl sites for hydroxylation is 1. The zero-order valence-electron chi connectivity index (χ0n) is 34.6. The van der Waals surface area contributed by atoms with Gasteiger partial charge in [0.05, 0.1) is 21.6 Å². The van der Waals surface area contributed by atoms with E-state index >= 15 is 0 Å². The number of amides is 1. The number of ether oxygens (including phenoxy) is 2. The number of hydrogen-bond acceptors (Lipinski definition) is 10. The molecule has 3 fully saturated rings. The second-order valence-electron chi connectivity index (χ2n) is 17.3. The smallest absolute Gasteiger partial charge is 0.273 e. The molecule has 15 heteroatoms. The summed E-state index contributed by atoms with van der Waals surface area (Å²) >= 11 is 6.28. The van der Waals surface area contributed by atoms with Crippen LogP contribution in [0.5, 0.6) is 11.5 Å². The Morgan fingerprint density at radius 3 is 2.53 bits per heavy atom. The Labute approximate surface area is 366 Å². The van der Waals surface area contributed by atoms with E-state index in [4.69, 9.17) is 21.1 Å². The molecule has 62 heavy (non-hydrogen) atoms. The number of aromatic amines is 1. The minimum Gasteiger partial charge on any atom is -0.455 e. The molecule has 0 unspecified atom stereocenters. The number of carbonyl (C=O) groups excluding carboxylic acids is 1. The van der Waals surface area contributed by atoms with E-state index in [9.17, 15) is 23.3 Å². The van der Waals surface area contributed by atoms with E-state index in [-0.39, 0.29) is 21.9 Å². The molecule has 4 heterocycles. The lowest BCUT2D eigenvalue weighted by atomic mass is 9.59. The number of halogens is 1. The number of nitrogens with zero attached hydrogens (tertiary/aromatic N) is 4. The monoisotopic (exact) mass is 878 g/mol. The lowest BCUT2D eigenvalue weighted by Crippen LogP contribution is -2.47. The normalized spacial score (nSPS) is 18.5. The van der Waals surface area contributed by atoms with Crippen molar-refractivity contribution in [3.05, 3.63) is 123 Å². The average Bonchev–Trinajstić information content (AvgIpc) is 3.74. The van der Waals surface area contributed by atoms with Crippen LogP contribution in [0.2, 0.25) is 5.02 Å². The van der Waals surface area contributed by atoms with Crippen molar-refractivity contribution < 1.29 is 27.6 Å². The molecule has 1 amide bonds. The highest BCUT2D eigenvalue weighted by Gasteiger charge is 2.41. The van der Waals surface area contributed by atoms with Gasteiger partial charge >= 0.3 is 0 Å². The molecule has 0 bridgehead atoms. The van der Waals surface area contributed by atoms with Crippen molar-refractivity contribution in [3.8, 4) is 11.5 Å². The van der Waals surface area contributed by atoms with Gasteiger partial charge in [0.25, 0.3) is 21.6 Å². The maximum absolute atomic E-state index is 13.9. The highest BCUT2D eigenvalue weighted by molar-refractivity contribution is 7.90. The minimum atomic E-state index is -4.52. The standard InChI is InChI=1S/C47H51ClN6O7S/c48-37-7-4-33(5-8-37)42-29-47(16-1-17-47)18-12-36(42)31-52-20-22-53(23-21-52)38-9-11-41(44(27-38)61-39-26-35-13-19-49-45(35)50-30-39)46(55)51-62(58,59)40-10-6-34(43(28-40)54(56)57)3-2-32-14-24-60-25-15-32/h4-11,13,19,26-28,30,32H,1-3,12,14-18,20-25,29,31H2,(H,49,50)(H,51,55). The van der Waals surface area contributed by atoms with Crippen molar-refractivity contribution in [1.82, 2.24) is 19.6 Å². The number of H-pyrrole nitrogens is 1. The zero-order chi connectivity index (χ0) is 42.8. The molecule has 0 radical (unpaired) electrons. The Bertz CT molecular complexity index is 2610. The number of rotatable bonds is 13. The van der Waals surface area contributed by atoms with Gasteiger partial charge in [0.1, 0.15) is 17.1 Å². The summed E-state index contributed by atoms with van der Waals surface area (Å²) in [6.45, 7) is 5.42. The maximum Gasteiger partial charge on any atom is 0.273 e. The third-order valence-electron chi connectivity index (χ3n) is 13.5. The van der Waals surface area contributed by atoms with Crippen LogP contribution in [0.3, 0.4) is 0 Å². The molecule has 2 N–H and O–H groups in total. The van der Waals surface area contributed by atoms with Crippen LogP contribution in [0.1, 0.15) is 79.3 Å². The fourth-order valence-corrected chi connectivity index (χ4v) is 10.7. The number of hydrogen-bond donors (Lipinski definition) is 2. The summed E-state index contributed by atoms with van der Waals surface area (Å²) in [5.74, 6) is -0.0329. The number of nitro groups is 1. The third kappa shape index (κ3) is 9.24. The van der Waals surface area contributed by atoms with E-state index in [0.717, 1.165) is 87.0 Å². The van der Waals surface area contributed by atoms with Crippen LogP contribution in [-0.4, -0.2) is 80.1 Å². The fraction of sp³-hybridized carbons (Fsp3) is 0.404. The molecule has 13 nitrogen and oxygen atoms in total. The van der Waals surface area contributed by atoms with E-state index < -0.39 is 20.9 Å². The number of anilines is 1. The summed E-state index contributed by atoms with van der Waals surface area (Å²) < 4.78 is 41.3. The number of sulfonamides is 1. The molecule has 1 saturated carbocycles. The number of pyridine rings is 1. The second kappa shape index (κ2) is 17.8. The van der Waals surface area contributed by atoms with Crippen molar-refractivity contribution in [2.75, 3.05) is 50.8 Å². The molecule has 4 aliphatic rings. The Kier molecular flexibility index (Phi) is 12.1. The van der Waals surface area contributed by atoms with Crippen LogP contribution in [0, 0.1) is 21.4 Å². The van der Waals surface area contributed by atoms with Crippen LogP contribution in [0.25, 0.3) is 16.6 Å². The van der Waals surface area contributed by atoms with Gasteiger partial charge in [-0.05, 0) is 123 Å². The van der Waals surface area contributed by atoms with Gasteiger partial charge in [-0.1, -0.05) is 41.8 Å². The lowest BCUT2D eigenvalue weighted by molar-refractivity contribution is -0.385. The summed E-state index contributed by atoms with van der Waals surface area (Å²) in [5, 5.41) is 13.7. The number of allylic oxidation sites excluding steroid dienone is 1. The summed E-state index contributed by atoms with van der Waals surface area (Å²) in [6.07, 6.45) is 13.7. The number of nitro benzene ring substituents is 1. The van der Waals surface area contributed by atoms with Gasteiger partial charge < -0.3 is 19.4 Å². The molecule has 2 aliphatic carbocycles. The van der Waals surface area contributed by atoms with Crippen molar-refractivity contribution in [3.63, 3.8) is 0 Å².